The van der Waals surface area contributed by atoms with Gasteiger partial charge >= 0.3 is 39.5 Å². The average Bonchev–Trinajstić information content (AvgIpc) is 0.933. The number of esters is 4. The smallest absolute Gasteiger partial charge is 0.462 e. The quantitative estimate of drug-likeness (QED) is 0.0222. The number of aliphatic hydroxyl groups excluding tert-OH is 1. The third kappa shape index (κ3) is 71.1. The first kappa shape index (κ1) is 96.1. The molecule has 0 aliphatic heterocycles. The Morgan fingerprint density at radius 2 is 0.520 bits per heavy atom. The molecule has 0 heterocycles. The molecule has 0 spiro atoms. The van der Waals surface area contributed by atoms with Crippen LogP contribution in [-0.4, -0.2) is 96.7 Å². The van der Waals surface area contributed by atoms with Crippen molar-refractivity contribution in [2.24, 2.45) is 11.8 Å². The van der Waals surface area contributed by atoms with Crippen molar-refractivity contribution in [2.45, 2.75) is 432 Å². The Hall–Kier alpha value is -1.94. The maximum Gasteiger partial charge on any atom is 0.472 e. The van der Waals surface area contributed by atoms with Gasteiger partial charge in [0.15, 0.2) is 12.2 Å². The number of phosphoric acid groups is 2. The third-order valence-electron chi connectivity index (χ3n) is 18.8. The van der Waals surface area contributed by atoms with Crippen LogP contribution in [0.1, 0.15) is 414 Å². The summed E-state index contributed by atoms with van der Waals surface area (Å²) in [5, 5.41) is 10.6. The number of carbonyl (C=O) groups is 4. The van der Waals surface area contributed by atoms with Gasteiger partial charge in [0.2, 0.25) is 0 Å². The lowest BCUT2D eigenvalue weighted by atomic mass is 9.99. The van der Waals surface area contributed by atoms with E-state index in [9.17, 15) is 43.2 Å². The summed E-state index contributed by atoms with van der Waals surface area (Å²) < 4.78 is 68.6. The van der Waals surface area contributed by atoms with Crippen LogP contribution in [0.25, 0.3) is 0 Å². The third-order valence-corrected chi connectivity index (χ3v) is 20.7. The molecule has 3 N–H and O–H groups in total. The minimum Gasteiger partial charge on any atom is -0.462 e. The highest BCUT2D eigenvalue weighted by atomic mass is 31.2. The molecule has 3 unspecified atom stereocenters. The maximum absolute atomic E-state index is 13.1. The van der Waals surface area contributed by atoms with E-state index in [2.05, 4.69) is 41.5 Å². The second-order valence-electron chi connectivity index (χ2n) is 29.2. The molecule has 0 aliphatic rings. The first-order valence-electron chi connectivity index (χ1n) is 41.0. The first-order chi connectivity index (χ1) is 47.4. The summed E-state index contributed by atoms with van der Waals surface area (Å²) >= 11 is 0. The van der Waals surface area contributed by atoms with E-state index in [1.165, 1.54) is 225 Å². The predicted molar refractivity (Wildman–Crippen MR) is 400 cm³/mol. The normalized spacial score (nSPS) is 14.2. The van der Waals surface area contributed by atoms with Gasteiger partial charge in [0.25, 0.3) is 0 Å². The van der Waals surface area contributed by atoms with Crippen LogP contribution in [0, 0.1) is 11.8 Å². The van der Waals surface area contributed by atoms with Gasteiger partial charge in [0, 0.05) is 25.7 Å². The minimum absolute atomic E-state index is 0.107. The van der Waals surface area contributed by atoms with Crippen molar-refractivity contribution in [1.29, 1.82) is 0 Å². The summed E-state index contributed by atoms with van der Waals surface area (Å²) in [6, 6.07) is 0. The summed E-state index contributed by atoms with van der Waals surface area (Å²) in [6.45, 7) is 9.63. The molecule has 0 bridgehead atoms. The van der Waals surface area contributed by atoms with Gasteiger partial charge in [-0.15, -0.1) is 0 Å². The number of aliphatic hydroxyl groups is 1. The molecule has 582 valence electrons. The molecule has 0 aromatic heterocycles. The summed E-state index contributed by atoms with van der Waals surface area (Å²) in [6.07, 6.45) is 59.7. The Bertz CT molecular complexity index is 1890. The molecule has 0 aromatic carbocycles. The number of ether oxygens (including phenoxy) is 4. The summed E-state index contributed by atoms with van der Waals surface area (Å²) in [5.74, 6) is -0.535. The average molecular weight is 1440 g/mol. The lowest BCUT2D eigenvalue weighted by molar-refractivity contribution is -0.161. The van der Waals surface area contributed by atoms with Crippen molar-refractivity contribution >= 4 is 39.5 Å². The number of unbranched alkanes of at least 4 members (excludes halogenated alkanes) is 47. The monoisotopic (exact) mass is 1440 g/mol. The van der Waals surface area contributed by atoms with E-state index in [0.717, 1.165) is 102 Å². The van der Waals surface area contributed by atoms with Crippen molar-refractivity contribution in [2.75, 3.05) is 39.6 Å². The molecule has 98 heavy (non-hydrogen) atoms. The van der Waals surface area contributed by atoms with Crippen molar-refractivity contribution < 1.29 is 80.2 Å². The van der Waals surface area contributed by atoms with E-state index < -0.39 is 97.5 Å². The fourth-order valence-corrected chi connectivity index (χ4v) is 13.7. The Morgan fingerprint density at radius 3 is 0.776 bits per heavy atom. The van der Waals surface area contributed by atoms with Crippen molar-refractivity contribution in [3.05, 3.63) is 0 Å². The summed E-state index contributed by atoms with van der Waals surface area (Å²) in [7, 11) is -9.91. The van der Waals surface area contributed by atoms with Gasteiger partial charge in [-0.2, -0.15) is 0 Å². The number of hydrogen-bond donors (Lipinski definition) is 3. The molecule has 0 radical (unpaired) electrons. The second-order valence-corrected chi connectivity index (χ2v) is 32.1. The zero-order valence-corrected chi connectivity index (χ0v) is 65.9. The Labute approximate surface area is 600 Å². The van der Waals surface area contributed by atoms with Gasteiger partial charge in [-0.05, 0) is 37.5 Å². The molecule has 0 fully saturated rings. The molecule has 0 amide bonds. The van der Waals surface area contributed by atoms with Crippen LogP contribution in [0.5, 0.6) is 0 Å². The summed E-state index contributed by atoms with van der Waals surface area (Å²) in [5.41, 5.74) is 0. The maximum atomic E-state index is 13.1. The van der Waals surface area contributed by atoms with E-state index in [1.54, 1.807) is 0 Å². The molecular weight excluding hydrogens is 1280 g/mol. The van der Waals surface area contributed by atoms with Crippen LogP contribution in [0.15, 0.2) is 0 Å². The minimum atomic E-state index is -4.96. The van der Waals surface area contributed by atoms with Crippen molar-refractivity contribution in [1.82, 2.24) is 0 Å². The largest absolute Gasteiger partial charge is 0.472 e. The number of carbonyl (C=O) groups excluding carboxylic acids is 4. The number of rotatable bonds is 78. The zero-order chi connectivity index (χ0) is 72.1. The Kier molecular flexibility index (Phi) is 69.3. The molecule has 19 heteroatoms. The van der Waals surface area contributed by atoms with Gasteiger partial charge in [0.05, 0.1) is 26.4 Å². The molecule has 0 rings (SSSR count). The molecular formula is C79H154O17P2. The van der Waals surface area contributed by atoms with Crippen LogP contribution in [0.4, 0.5) is 0 Å². The van der Waals surface area contributed by atoms with Gasteiger partial charge in [-0.1, -0.05) is 363 Å². The highest BCUT2D eigenvalue weighted by Gasteiger charge is 2.30. The molecule has 0 aromatic rings. The van der Waals surface area contributed by atoms with Crippen LogP contribution < -0.4 is 0 Å². The van der Waals surface area contributed by atoms with Gasteiger partial charge in [-0.3, -0.25) is 37.3 Å². The molecule has 0 aliphatic carbocycles. The fraction of sp³-hybridized carbons (Fsp3) is 0.949. The fourth-order valence-electron chi connectivity index (χ4n) is 12.2. The second kappa shape index (κ2) is 70.7. The highest BCUT2D eigenvalue weighted by molar-refractivity contribution is 7.47. The number of hydrogen-bond acceptors (Lipinski definition) is 15. The summed E-state index contributed by atoms with van der Waals surface area (Å²) in [4.78, 5) is 72.9. The van der Waals surface area contributed by atoms with Crippen molar-refractivity contribution in [3.63, 3.8) is 0 Å². The molecule has 0 saturated heterocycles. The SMILES string of the molecule is CCCCCCCCCCCCCCCC(=O)OC[C@H](COP(=O)(O)OC[C@@H](O)COP(=O)(O)OC[C@@H](COC(=O)CCCCCCCCCC(C)C)OC(=O)CCCCCCCCCCCCCCC)OC(=O)CCCCCCCCCCCCCCCCCCCCC(C)CC. The Balaban J connectivity index is 5.19. The van der Waals surface area contributed by atoms with Crippen LogP contribution >= 0.6 is 15.6 Å². The first-order valence-corrected chi connectivity index (χ1v) is 44.0. The van der Waals surface area contributed by atoms with E-state index in [0.29, 0.717) is 31.6 Å². The van der Waals surface area contributed by atoms with E-state index >= 15 is 0 Å². The predicted octanol–water partition coefficient (Wildman–Crippen LogP) is 23.5. The molecule has 6 atom stereocenters. The van der Waals surface area contributed by atoms with Gasteiger partial charge < -0.3 is 33.8 Å². The standard InChI is InChI=1S/C79H154O17P2/c1-7-10-12-14-16-18-20-28-33-37-43-49-55-61-76(81)89-67-74(95-79(84)64-58-52-45-39-35-31-27-25-23-22-24-26-30-32-36-42-48-54-60-72(6)9-3)69-93-97(85,86)91-65-73(80)66-92-98(87,88)94-70-75(68-90-77(82)62-56-50-46-40-41-47-53-59-71(4)5)96-78(83)63-57-51-44-38-34-29-21-19-17-15-13-11-8-2/h71-75,80H,7-70H2,1-6H3,(H,85,86)(H,87,88)/t72?,73-,74-,75-/m1/s1. The Morgan fingerprint density at radius 1 is 0.296 bits per heavy atom. The van der Waals surface area contributed by atoms with Crippen LogP contribution in [0.3, 0.4) is 0 Å². The van der Waals surface area contributed by atoms with Crippen molar-refractivity contribution in [3.8, 4) is 0 Å². The van der Waals surface area contributed by atoms with Gasteiger partial charge in [-0.25, -0.2) is 9.13 Å². The van der Waals surface area contributed by atoms with E-state index in [1.807, 2.05) is 0 Å². The van der Waals surface area contributed by atoms with Gasteiger partial charge in [0.1, 0.15) is 19.3 Å². The van der Waals surface area contributed by atoms with E-state index in [-0.39, 0.29) is 25.7 Å². The molecule has 0 saturated carbocycles. The van der Waals surface area contributed by atoms with E-state index in [4.69, 9.17) is 37.0 Å². The lowest BCUT2D eigenvalue weighted by Gasteiger charge is -2.21. The highest BCUT2D eigenvalue weighted by Crippen LogP contribution is 2.45. The lowest BCUT2D eigenvalue weighted by Crippen LogP contribution is -2.30. The van der Waals surface area contributed by atoms with Crippen LogP contribution in [-0.2, 0) is 65.4 Å². The number of phosphoric ester groups is 2. The van der Waals surface area contributed by atoms with Crippen LogP contribution in [0.2, 0.25) is 0 Å². The molecule has 17 nitrogen and oxygen atoms in total. The topological polar surface area (TPSA) is 237 Å². The zero-order valence-electron chi connectivity index (χ0n) is 64.1.